The molecule has 3 amide bonds. The van der Waals surface area contributed by atoms with E-state index in [9.17, 15) is 18.8 Å². The first-order valence-corrected chi connectivity index (χ1v) is 28.9. The van der Waals surface area contributed by atoms with Crippen LogP contribution in [0.1, 0.15) is 93.4 Å². The van der Waals surface area contributed by atoms with Crippen molar-refractivity contribution in [2.45, 2.75) is 78.9 Å². The number of halogens is 2. The highest BCUT2D eigenvalue weighted by atomic mass is 19.1. The highest BCUT2D eigenvalue weighted by molar-refractivity contribution is 6.03. The molecule has 0 saturated heterocycles. The molecule has 0 saturated carbocycles. The Hall–Kier alpha value is -11.4. The Morgan fingerprint density at radius 2 is 0.780 bits per heavy atom. The highest BCUT2D eigenvalue weighted by Crippen LogP contribution is 2.39. The zero-order valence-corrected chi connectivity index (χ0v) is 52.1. The summed E-state index contributed by atoms with van der Waals surface area (Å²) in [7, 11) is 3.04. The molecule has 0 bridgehead atoms. The van der Waals surface area contributed by atoms with Crippen molar-refractivity contribution in [2.75, 3.05) is 31.3 Å². The molecule has 6 aromatic carbocycles. The zero-order valence-electron chi connectivity index (χ0n) is 52.1. The number of anilines is 3. The summed E-state index contributed by atoms with van der Waals surface area (Å²) in [6, 6.07) is 33.6. The molecular formula is C68H68F2N18O3. The minimum Gasteiger partial charge on any atom is -0.368 e. The fourth-order valence-electron chi connectivity index (χ4n) is 10.8. The Kier molecular flexibility index (Phi) is 17.0. The van der Waals surface area contributed by atoms with Crippen LogP contribution in [0.2, 0.25) is 0 Å². The number of carbonyl (C=O) groups is 3. The number of amides is 3. The Balaban J connectivity index is 0.000000150. The number of hydrogen-bond acceptors (Lipinski definition) is 15. The molecule has 0 atom stereocenters. The molecule has 6 heterocycles. The molecule has 0 spiro atoms. The third-order valence-electron chi connectivity index (χ3n) is 14.8. The molecule has 0 radical (unpaired) electrons. The molecule has 10 N–H and O–H groups in total. The first-order chi connectivity index (χ1) is 43.1. The fourth-order valence-corrected chi connectivity index (χ4v) is 10.8. The van der Waals surface area contributed by atoms with E-state index in [1.807, 2.05) is 92.1 Å². The van der Waals surface area contributed by atoms with Gasteiger partial charge >= 0.3 is 0 Å². The standard InChI is InChI=1S/2C23H23FN6O.C22H22N6O/c1-23(2,3)30-19-8-5-13(14-11-27-22(25)28-12-14)9-18(19)29-20(30)16-7-6-15(24)10-17(16)21(31)26-4;1-23(2,3)30-18-9-8-13(14-11-27-22(25)28-12-14)10-17(18)29-20(30)19-15(21(31)26-4)6-5-7-16(19)24;1-22(2,3)28-18-9-8-13(14-11-25-21(24)26-12-14)10-17(18)27-20(28)16-7-5-4-6-15(16)19(23)29/h2*5-12H,1-4H3,(H,26,31)(H2,25,27,28);4-12H,1-3H3,(H2,23,29)(H2,24,25,26). The van der Waals surface area contributed by atoms with Gasteiger partial charge in [-0.2, -0.15) is 0 Å². The van der Waals surface area contributed by atoms with Crippen molar-refractivity contribution in [3.05, 3.63) is 181 Å². The molecule has 0 unspecified atom stereocenters. The maximum atomic E-state index is 15.0. The van der Waals surface area contributed by atoms with Gasteiger partial charge in [-0.25, -0.2) is 53.6 Å². The van der Waals surface area contributed by atoms with Crippen LogP contribution < -0.4 is 33.6 Å². The third kappa shape index (κ3) is 12.8. The summed E-state index contributed by atoms with van der Waals surface area (Å²) in [6.07, 6.45) is 9.99. The lowest BCUT2D eigenvalue weighted by atomic mass is 10.0. The summed E-state index contributed by atoms with van der Waals surface area (Å²) in [5.41, 5.74) is 33.8. The average molecular weight is 1220 g/mol. The van der Waals surface area contributed by atoms with Crippen LogP contribution in [0.3, 0.4) is 0 Å². The number of nitrogens with two attached hydrogens (primary N) is 4. The second kappa shape index (κ2) is 24.7. The van der Waals surface area contributed by atoms with E-state index in [0.29, 0.717) is 39.7 Å². The van der Waals surface area contributed by atoms with Gasteiger partial charge in [0.1, 0.15) is 29.1 Å². The first kappa shape index (κ1) is 62.7. The molecular weight excluding hydrogens is 1150 g/mol. The minimum absolute atomic E-state index is 0.172. The number of carbonyl (C=O) groups excluding carboxylic acids is 3. The van der Waals surface area contributed by atoms with Crippen molar-refractivity contribution in [1.29, 1.82) is 0 Å². The summed E-state index contributed by atoms with van der Waals surface area (Å²) >= 11 is 0. The Morgan fingerprint density at radius 3 is 1.18 bits per heavy atom. The number of hydrogen-bond donors (Lipinski definition) is 6. The topological polar surface area (TPSA) is 310 Å². The summed E-state index contributed by atoms with van der Waals surface area (Å²) in [6.45, 7) is 18.5. The smallest absolute Gasteiger partial charge is 0.251 e. The van der Waals surface area contributed by atoms with Crippen LogP contribution in [-0.2, 0) is 16.6 Å². The Bertz CT molecular complexity index is 4730. The van der Waals surface area contributed by atoms with Gasteiger partial charge in [0.25, 0.3) is 11.8 Å². The number of primary amides is 1. The SMILES string of the molecule is CC(C)(C)n1c(-c2ccccc2C(N)=O)nc2cc(-c3cnc(N)nc3)ccc21.CNC(=O)c1cc(F)ccc1-c1nc2cc(-c3cnc(N)nc3)ccc2n1C(C)(C)C.CNC(=O)c1cccc(F)c1-c1nc2cc(-c3cnc(N)nc3)ccc2n1C(C)(C)C. The van der Waals surface area contributed by atoms with Crippen LogP contribution in [0.15, 0.2) is 152 Å². The van der Waals surface area contributed by atoms with E-state index in [-0.39, 0.29) is 57.4 Å². The minimum atomic E-state index is -0.505. The number of aromatic nitrogens is 12. The summed E-state index contributed by atoms with van der Waals surface area (Å²) in [5.74, 6) is 0.117. The van der Waals surface area contributed by atoms with Crippen molar-refractivity contribution in [2.24, 2.45) is 5.73 Å². The molecule has 0 aliphatic carbocycles. The van der Waals surface area contributed by atoms with Crippen LogP contribution in [-0.4, -0.2) is 90.4 Å². The highest BCUT2D eigenvalue weighted by Gasteiger charge is 2.30. The van der Waals surface area contributed by atoms with E-state index < -0.39 is 23.1 Å². The first-order valence-electron chi connectivity index (χ1n) is 28.9. The van der Waals surface area contributed by atoms with Gasteiger partial charge in [0, 0.05) is 95.7 Å². The fraction of sp³-hybridized carbons (Fsp3) is 0.206. The summed E-state index contributed by atoms with van der Waals surface area (Å²) in [4.78, 5) is 75.8. The van der Waals surface area contributed by atoms with Crippen LogP contribution >= 0.6 is 0 Å². The molecule has 0 aliphatic rings. The van der Waals surface area contributed by atoms with E-state index in [4.69, 9.17) is 37.9 Å². The average Bonchev–Trinajstić information content (AvgIpc) is 1.63. The number of fused-ring (bicyclic) bond motifs is 3. The molecule has 91 heavy (non-hydrogen) atoms. The monoisotopic (exact) mass is 1220 g/mol. The lowest BCUT2D eigenvalue weighted by Crippen LogP contribution is -2.24. The lowest BCUT2D eigenvalue weighted by Gasteiger charge is -2.25. The molecule has 12 rings (SSSR count). The van der Waals surface area contributed by atoms with Crippen LogP contribution in [0, 0.1) is 11.6 Å². The normalized spacial score (nSPS) is 11.7. The largest absolute Gasteiger partial charge is 0.368 e. The van der Waals surface area contributed by atoms with E-state index >= 15 is 4.39 Å². The van der Waals surface area contributed by atoms with Crippen molar-refractivity contribution in [3.8, 4) is 67.5 Å². The van der Waals surface area contributed by atoms with Gasteiger partial charge in [0.05, 0.1) is 55.4 Å². The van der Waals surface area contributed by atoms with Gasteiger partial charge in [-0.3, -0.25) is 14.4 Å². The van der Waals surface area contributed by atoms with Gasteiger partial charge in [-0.1, -0.05) is 42.5 Å². The number of nitrogens with zero attached hydrogens (tertiary/aromatic N) is 12. The van der Waals surface area contributed by atoms with E-state index in [1.54, 1.807) is 61.4 Å². The third-order valence-corrected chi connectivity index (χ3v) is 14.8. The van der Waals surface area contributed by atoms with Crippen molar-refractivity contribution < 1.29 is 23.2 Å². The summed E-state index contributed by atoms with van der Waals surface area (Å²) < 4.78 is 35.1. The number of imidazole rings is 3. The van der Waals surface area contributed by atoms with Gasteiger partial charge in [-0.15, -0.1) is 0 Å². The molecule has 21 nitrogen and oxygen atoms in total. The van der Waals surface area contributed by atoms with Crippen LogP contribution in [0.5, 0.6) is 0 Å². The quantitative estimate of drug-likeness (QED) is 0.0782. The van der Waals surface area contributed by atoms with E-state index in [1.165, 1.54) is 38.4 Å². The van der Waals surface area contributed by atoms with Crippen molar-refractivity contribution in [3.63, 3.8) is 0 Å². The number of nitrogens with one attached hydrogen (secondary N) is 2. The van der Waals surface area contributed by atoms with Crippen molar-refractivity contribution >= 4 is 68.7 Å². The maximum absolute atomic E-state index is 15.0. The lowest BCUT2D eigenvalue weighted by molar-refractivity contribution is 0.0955. The second-order valence-electron chi connectivity index (χ2n) is 24.3. The van der Waals surface area contributed by atoms with E-state index in [2.05, 4.69) is 91.2 Å². The number of benzene rings is 6. The van der Waals surface area contributed by atoms with Gasteiger partial charge in [0.2, 0.25) is 23.8 Å². The maximum Gasteiger partial charge on any atom is 0.251 e. The van der Waals surface area contributed by atoms with Crippen LogP contribution in [0.4, 0.5) is 26.6 Å². The molecule has 23 heteroatoms. The van der Waals surface area contributed by atoms with E-state index in [0.717, 1.165) is 61.0 Å². The van der Waals surface area contributed by atoms with Crippen molar-refractivity contribution in [1.82, 2.24) is 69.2 Å². The Morgan fingerprint density at radius 1 is 0.418 bits per heavy atom. The molecule has 462 valence electrons. The van der Waals surface area contributed by atoms with Gasteiger partial charge in [-0.05, 0) is 152 Å². The Labute approximate surface area is 523 Å². The zero-order chi connectivity index (χ0) is 65.4. The predicted molar refractivity (Wildman–Crippen MR) is 352 cm³/mol. The van der Waals surface area contributed by atoms with Gasteiger partial charge in [0.15, 0.2) is 0 Å². The van der Waals surface area contributed by atoms with Crippen LogP contribution in [0.25, 0.3) is 101 Å². The number of rotatable bonds is 9. The predicted octanol–water partition coefficient (Wildman–Crippen LogP) is 11.6. The second-order valence-corrected chi connectivity index (χ2v) is 24.3. The molecule has 0 fully saturated rings. The summed E-state index contributed by atoms with van der Waals surface area (Å²) in [5, 5.41) is 5.16. The molecule has 6 aromatic heterocycles. The van der Waals surface area contributed by atoms with Gasteiger partial charge < -0.3 is 47.3 Å². The number of nitrogen functional groups attached to an aromatic ring is 3. The molecule has 12 aromatic rings. The molecule has 0 aliphatic heterocycles.